The van der Waals surface area contributed by atoms with Crippen molar-refractivity contribution in [1.82, 2.24) is 25.3 Å². The van der Waals surface area contributed by atoms with Crippen LogP contribution < -0.4 is 5.32 Å². The summed E-state index contributed by atoms with van der Waals surface area (Å²) in [6.45, 7) is 7.07. The van der Waals surface area contributed by atoms with Crippen molar-refractivity contribution in [1.29, 1.82) is 0 Å². The number of carbonyl (C=O) groups excluding carboxylic acids is 1. The Morgan fingerprint density at radius 1 is 1.38 bits per heavy atom. The molecule has 3 atom stereocenters. The van der Waals surface area contributed by atoms with Gasteiger partial charge in [-0.1, -0.05) is 22.9 Å². The standard InChI is InChI=1S/C22H29N5O2/c1-15(2)9-10-22(21(28)24-13-17-6-4-5-11-23-17)12-18-7-8-19(22)27(18)14-20-25-16(3)26-29-20/h4-6,9,11,18-19H,7-8,10,12-14H2,1-3H3,(H,24,28)/t18-,19+,22+/m1/s1. The lowest BCUT2D eigenvalue weighted by Crippen LogP contribution is -2.48. The van der Waals surface area contributed by atoms with Gasteiger partial charge in [-0.25, -0.2) is 0 Å². The van der Waals surface area contributed by atoms with Crippen LogP contribution in [-0.2, 0) is 17.9 Å². The summed E-state index contributed by atoms with van der Waals surface area (Å²) in [6.07, 6.45) is 7.71. The van der Waals surface area contributed by atoms with Gasteiger partial charge in [-0.15, -0.1) is 0 Å². The van der Waals surface area contributed by atoms with Crippen LogP contribution in [0.3, 0.4) is 0 Å². The van der Waals surface area contributed by atoms with Crippen molar-refractivity contribution < 1.29 is 9.32 Å². The fourth-order valence-corrected chi connectivity index (χ4v) is 4.90. The molecule has 0 aliphatic carbocycles. The number of amides is 1. The van der Waals surface area contributed by atoms with Gasteiger partial charge in [-0.05, 0) is 58.6 Å². The van der Waals surface area contributed by atoms with E-state index in [-0.39, 0.29) is 11.9 Å². The molecule has 2 saturated heterocycles. The highest BCUT2D eigenvalue weighted by Crippen LogP contribution is 2.52. The molecule has 154 valence electrons. The normalized spacial score (nSPS) is 25.9. The van der Waals surface area contributed by atoms with Crippen LogP contribution in [0.25, 0.3) is 0 Å². The predicted octanol–water partition coefficient (Wildman–Crippen LogP) is 3.17. The van der Waals surface area contributed by atoms with E-state index in [0.29, 0.717) is 30.8 Å². The second-order valence-corrected chi connectivity index (χ2v) is 8.50. The predicted molar refractivity (Wildman–Crippen MR) is 109 cm³/mol. The molecule has 7 nitrogen and oxygen atoms in total. The Balaban J connectivity index is 1.54. The number of hydrogen-bond acceptors (Lipinski definition) is 6. The first-order valence-corrected chi connectivity index (χ1v) is 10.3. The topological polar surface area (TPSA) is 84.2 Å². The highest BCUT2D eigenvalue weighted by Gasteiger charge is 2.59. The van der Waals surface area contributed by atoms with Gasteiger partial charge in [0.25, 0.3) is 0 Å². The number of carbonyl (C=O) groups is 1. The average molecular weight is 396 g/mol. The average Bonchev–Trinajstić information content (AvgIpc) is 3.39. The first-order valence-electron chi connectivity index (χ1n) is 10.3. The molecule has 2 aromatic heterocycles. The van der Waals surface area contributed by atoms with Crippen molar-refractivity contribution in [2.24, 2.45) is 5.41 Å². The number of rotatable bonds is 7. The molecule has 0 spiro atoms. The molecule has 0 radical (unpaired) electrons. The molecule has 1 amide bonds. The molecule has 0 saturated carbocycles. The van der Waals surface area contributed by atoms with Crippen LogP contribution >= 0.6 is 0 Å². The van der Waals surface area contributed by atoms with Gasteiger partial charge >= 0.3 is 0 Å². The van der Waals surface area contributed by atoms with E-state index in [4.69, 9.17) is 4.52 Å². The maximum absolute atomic E-state index is 13.5. The Labute approximate surface area is 171 Å². The Hall–Kier alpha value is -2.54. The maximum atomic E-state index is 13.5. The Morgan fingerprint density at radius 3 is 2.93 bits per heavy atom. The van der Waals surface area contributed by atoms with Crippen LogP contribution in [0, 0.1) is 12.3 Å². The third-order valence-electron chi connectivity index (χ3n) is 6.25. The molecule has 2 aromatic rings. The largest absolute Gasteiger partial charge is 0.350 e. The Kier molecular flexibility index (Phi) is 5.50. The number of aromatic nitrogens is 3. The molecular weight excluding hydrogens is 366 g/mol. The van der Waals surface area contributed by atoms with Crippen molar-refractivity contribution in [3.8, 4) is 0 Å². The molecule has 0 unspecified atom stereocenters. The smallest absolute Gasteiger partial charge is 0.240 e. The van der Waals surface area contributed by atoms with Crippen molar-refractivity contribution in [2.45, 2.75) is 71.6 Å². The molecule has 4 rings (SSSR count). The lowest BCUT2D eigenvalue weighted by molar-refractivity contribution is -0.133. The molecule has 2 aliphatic rings. The van der Waals surface area contributed by atoms with Crippen LogP contribution in [0.4, 0.5) is 0 Å². The van der Waals surface area contributed by atoms with Gasteiger partial charge in [-0.3, -0.25) is 14.7 Å². The molecule has 2 bridgehead atoms. The fraction of sp³-hybridized carbons (Fsp3) is 0.545. The Morgan fingerprint density at radius 2 is 2.24 bits per heavy atom. The highest BCUT2D eigenvalue weighted by atomic mass is 16.5. The number of nitrogens with zero attached hydrogens (tertiary/aromatic N) is 4. The number of allylic oxidation sites excluding steroid dienone is 2. The lowest BCUT2D eigenvalue weighted by atomic mass is 9.70. The quantitative estimate of drug-likeness (QED) is 0.725. The minimum atomic E-state index is -0.427. The summed E-state index contributed by atoms with van der Waals surface area (Å²) in [5, 5.41) is 7.08. The molecule has 2 fully saturated rings. The number of hydrogen-bond donors (Lipinski definition) is 1. The first kappa shape index (κ1) is 19.8. The van der Waals surface area contributed by atoms with Gasteiger partial charge in [0.05, 0.1) is 24.2 Å². The van der Waals surface area contributed by atoms with E-state index in [9.17, 15) is 4.79 Å². The molecule has 7 heteroatoms. The van der Waals surface area contributed by atoms with Crippen LogP contribution in [0.15, 0.2) is 40.6 Å². The van der Waals surface area contributed by atoms with Crippen LogP contribution in [0.2, 0.25) is 0 Å². The van der Waals surface area contributed by atoms with Gasteiger partial charge in [0.15, 0.2) is 5.82 Å². The summed E-state index contributed by atoms with van der Waals surface area (Å²) in [5.74, 6) is 1.40. The van der Waals surface area contributed by atoms with Crippen molar-refractivity contribution in [3.05, 3.63) is 53.5 Å². The summed E-state index contributed by atoms with van der Waals surface area (Å²) >= 11 is 0. The number of nitrogens with one attached hydrogen (secondary N) is 1. The van der Waals surface area contributed by atoms with Crippen molar-refractivity contribution >= 4 is 5.91 Å². The molecular formula is C22H29N5O2. The number of pyridine rings is 1. The molecule has 29 heavy (non-hydrogen) atoms. The van der Waals surface area contributed by atoms with Crippen molar-refractivity contribution in [3.63, 3.8) is 0 Å². The fourth-order valence-electron chi connectivity index (χ4n) is 4.90. The zero-order valence-electron chi connectivity index (χ0n) is 17.4. The van der Waals surface area contributed by atoms with Gasteiger partial charge in [0.1, 0.15) is 0 Å². The number of aryl methyl sites for hydroxylation is 1. The molecule has 1 N–H and O–H groups in total. The lowest BCUT2D eigenvalue weighted by Gasteiger charge is -2.35. The van der Waals surface area contributed by atoms with E-state index in [1.807, 2.05) is 25.1 Å². The monoisotopic (exact) mass is 395 g/mol. The van der Waals surface area contributed by atoms with E-state index < -0.39 is 5.41 Å². The number of fused-ring (bicyclic) bond motifs is 2. The van der Waals surface area contributed by atoms with Crippen molar-refractivity contribution in [2.75, 3.05) is 0 Å². The van der Waals surface area contributed by atoms with Gasteiger partial charge in [0.2, 0.25) is 11.8 Å². The summed E-state index contributed by atoms with van der Waals surface area (Å²) in [4.78, 5) is 24.6. The van der Waals surface area contributed by atoms with Gasteiger partial charge < -0.3 is 9.84 Å². The summed E-state index contributed by atoms with van der Waals surface area (Å²) in [7, 11) is 0. The summed E-state index contributed by atoms with van der Waals surface area (Å²) in [5.41, 5.74) is 1.69. The zero-order valence-corrected chi connectivity index (χ0v) is 17.4. The minimum Gasteiger partial charge on any atom is -0.350 e. The zero-order chi connectivity index (χ0) is 20.4. The van der Waals surface area contributed by atoms with E-state index in [0.717, 1.165) is 31.4 Å². The SMILES string of the molecule is CC(C)=CC[C@]1(C(=O)NCc2ccccn2)C[C@H]2CC[C@@H]1N2Cc1nc(C)no1. The third-order valence-corrected chi connectivity index (χ3v) is 6.25. The second-order valence-electron chi connectivity index (χ2n) is 8.50. The van der Waals surface area contributed by atoms with E-state index >= 15 is 0 Å². The van der Waals surface area contributed by atoms with Crippen LogP contribution in [-0.4, -0.2) is 38.0 Å². The van der Waals surface area contributed by atoms with Gasteiger partial charge in [0, 0.05) is 18.3 Å². The maximum Gasteiger partial charge on any atom is 0.240 e. The third kappa shape index (κ3) is 3.96. The summed E-state index contributed by atoms with van der Waals surface area (Å²) in [6, 6.07) is 6.32. The van der Waals surface area contributed by atoms with Gasteiger partial charge in [-0.2, -0.15) is 4.98 Å². The van der Waals surface area contributed by atoms with E-state index in [2.05, 4.69) is 45.3 Å². The molecule has 2 aliphatic heterocycles. The van der Waals surface area contributed by atoms with E-state index in [1.54, 1.807) is 6.20 Å². The minimum absolute atomic E-state index is 0.125. The molecule has 4 heterocycles. The molecule has 0 aromatic carbocycles. The Bertz CT molecular complexity index is 890. The summed E-state index contributed by atoms with van der Waals surface area (Å²) < 4.78 is 5.36. The second kappa shape index (κ2) is 8.06. The van der Waals surface area contributed by atoms with E-state index in [1.165, 1.54) is 5.57 Å². The highest BCUT2D eigenvalue weighted by molar-refractivity contribution is 5.84. The first-order chi connectivity index (χ1) is 14.0. The van der Waals surface area contributed by atoms with Crippen LogP contribution in [0.1, 0.15) is 56.9 Å². The van der Waals surface area contributed by atoms with Crippen LogP contribution in [0.5, 0.6) is 0 Å².